The smallest absolute Gasteiger partial charge is 0.384 e. The number of rotatable bonds is 5. The van der Waals surface area contributed by atoms with Gasteiger partial charge in [-0.2, -0.15) is 13.2 Å². The molecule has 0 aliphatic heterocycles. The Morgan fingerprint density at radius 1 is 1.35 bits per heavy atom. The van der Waals surface area contributed by atoms with Gasteiger partial charge in [0, 0.05) is 17.0 Å². The highest BCUT2D eigenvalue weighted by atomic mass is 79.9. The number of nitrogens with one attached hydrogen (secondary N) is 2. The fourth-order valence-electron chi connectivity index (χ4n) is 1.71. The first-order chi connectivity index (χ1) is 10.8. The van der Waals surface area contributed by atoms with E-state index in [1.165, 1.54) is 13.2 Å². The van der Waals surface area contributed by atoms with Crippen molar-refractivity contribution in [3.63, 3.8) is 0 Å². The number of nitrogens with zero attached hydrogens (tertiary/aromatic N) is 2. The van der Waals surface area contributed by atoms with E-state index in [-0.39, 0.29) is 24.4 Å². The second-order valence-corrected chi connectivity index (χ2v) is 5.39. The van der Waals surface area contributed by atoms with Crippen molar-refractivity contribution in [3.05, 3.63) is 28.5 Å². The van der Waals surface area contributed by atoms with Gasteiger partial charge in [0.15, 0.2) is 5.82 Å². The maximum absolute atomic E-state index is 12.9. The molecule has 23 heavy (non-hydrogen) atoms. The summed E-state index contributed by atoms with van der Waals surface area (Å²) < 4.78 is 44.0. The third-order valence-corrected chi connectivity index (χ3v) is 3.26. The molecule has 0 saturated heterocycles. The van der Waals surface area contributed by atoms with Crippen LogP contribution < -0.4 is 10.9 Å². The molecule has 1 aromatic heterocycles. The first-order valence-electron chi connectivity index (χ1n) is 6.39. The Labute approximate surface area is 137 Å². The minimum absolute atomic E-state index is 0.0579. The Morgan fingerprint density at radius 3 is 2.74 bits per heavy atom. The SMILES string of the molecule is COCCC(=O)NNc1nc(C(F)(F)F)nc2ccc(Br)cc12. The van der Waals surface area contributed by atoms with Crippen LogP contribution in [-0.4, -0.2) is 29.6 Å². The van der Waals surface area contributed by atoms with E-state index in [0.717, 1.165) is 0 Å². The molecule has 1 heterocycles. The summed E-state index contributed by atoms with van der Waals surface area (Å²) in [5.41, 5.74) is 4.79. The monoisotopic (exact) mass is 392 g/mol. The maximum atomic E-state index is 12.9. The van der Waals surface area contributed by atoms with Gasteiger partial charge in [-0.05, 0) is 18.2 Å². The van der Waals surface area contributed by atoms with Gasteiger partial charge in [0.2, 0.25) is 11.7 Å². The third-order valence-electron chi connectivity index (χ3n) is 2.76. The molecule has 2 aromatic rings. The van der Waals surface area contributed by atoms with Crippen LogP contribution in [0.1, 0.15) is 12.2 Å². The number of benzene rings is 1. The summed E-state index contributed by atoms with van der Waals surface area (Å²) in [6.07, 6.45) is -4.64. The molecule has 2 rings (SSSR count). The predicted octanol–water partition coefficient (Wildman–Crippen LogP) is 2.89. The van der Waals surface area contributed by atoms with Gasteiger partial charge in [-0.1, -0.05) is 15.9 Å². The Kier molecular flexibility index (Phi) is 5.37. The summed E-state index contributed by atoms with van der Waals surface area (Å²) in [7, 11) is 1.44. The molecule has 0 fully saturated rings. The second-order valence-electron chi connectivity index (χ2n) is 4.47. The number of ether oxygens (including phenoxy) is 1. The fourth-order valence-corrected chi connectivity index (χ4v) is 2.07. The average molecular weight is 393 g/mol. The highest BCUT2D eigenvalue weighted by Crippen LogP contribution is 2.31. The lowest BCUT2D eigenvalue weighted by molar-refractivity contribution is -0.144. The van der Waals surface area contributed by atoms with E-state index in [2.05, 4.69) is 36.7 Å². The van der Waals surface area contributed by atoms with Crippen LogP contribution in [0.25, 0.3) is 10.9 Å². The van der Waals surface area contributed by atoms with Gasteiger partial charge in [-0.25, -0.2) is 9.97 Å². The third kappa shape index (κ3) is 4.52. The molecule has 1 amide bonds. The normalized spacial score (nSPS) is 11.5. The summed E-state index contributed by atoms with van der Waals surface area (Å²) in [4.78, 5) is 18.5. The zero-order valence-electron chi connectivity index (χ0n) is 11.9. The lowest BCUT2D eigenvalue weighted by Gasteiger charge is -2.13. The van der Waals surface area contributed by atoms with E-state index in [9.17, 15) is 18.0 Å². The molecule has 2 N–H and O–H groups in total. The zero-order chi connectivity index (χ0) is 17.0. The van der Waals surface area contributed by atoms with Gasteiger partial charge in [-0.15, -0.1) is 0 Å². The fraction of sp³-hybridized carbons (Fsp3) is 0.308. The number of alkyl halides is 3. The number of hydrogen-bond acceptors (Lipinski definition) is 5. The van der Waals surface area contributed by atoms with Gasteiger partial charge in [0.05, 0.1) is 18.5 Å². The molecular formula is C13H12BrF3N4O2. The van der Waals surface area contributed by atoms with Gasteiger partial charge in [0.1, 0.15) is 0 Å². The number of hydrazine groups is 1. The van der Waals surface area contributed by atoms with Crippen molar-refractivity contribution in [1.82, 2.24) is 15.4 Å². The van der Waals surface area contributed by atoms with Crippen LogP contribution in [0.15, 0.2) is 22.7 Å². The van der Waals surface area contributed by atoms with Crippen LogP contribution in [0.5, 0.6) is 0 Å². The molecule has 0 spiro atoms. The van der Waals surface area contributed by atoms with Crippen molar-refractivity contribution in [2.75, 3.05) is 19.1 Å². The highest BCUT2D eigenvalue weighted by Gasteiger charge is 2.35. The van der Waals surface area contributed by atoms with Crippen molar-refractivity contribution in [1.29, 1.82) is 0 Å². The molecule has 124 valence electrons. The summed E-state index contributed by atoms with van der Waals surface area (Å²) in [5, 5.41) is 0.333. The molecule has 0 radical (unpaired) electrons. The average Bonchev–Trinajstić information content (AvgIpc) is 2.49. The van der Waals surface area contributed by atoms with E-state index < -0.39 is 17.9 Å². The summed E-state index contributed by atoms with van der Waals surface area (Å²) in [5.74, 6) is -1.88. The molecule has 0 bridgehead atoms. The Balaban J connectivity index is 2.35. The number of amides is 1. The number of hydrogen-bond donors (Lipinski definition) is 2. The molecule has 0 aliphatic carbocycles. The Bertz CT molecular complexity index is 724. The lowest BCUT2D eigenvalue weighted by Crippen LogP contribution is -2.31. The van der Waals surface area contributed by atoms with Gasteiger partial charge < -0.3 is 4.74 Å². The largest absolute Gasteiger partial charge is 0.451 e. The van der Waals surface area contributed by atoms with E-state index in [1.54, 1.807) is 12.1 Å². The minimum atomic E-state index is -4.70. The van der Waals surface area contributed by atoms with E-state index in [1.807, 2.05) is 0 Å². The van der Waals surface area contributed by atoms with Crippen molar-refractivity contribution in [2.24, 2.45) is 0 Å². The molecule has 0 unspecified atom stereocenters. The zero-order valence-corrected chi connectivity index (χ0v) is 13.5. The predicted molar refractivity (Wildman–Crippen MR) is 80.5 cm³/mol. The minimum Gasteiger partial charge on any atom is -0.384 e. The Morgan fingerprint density at radius 2 is 2.09 bits per heavy atom. The standard InChI is InChI=1S/C13H12BrF3N4O2/c1-23-5-4-10(22)20-21-11-8-6-7(14)2-3-9(8)18-12(19-11)13(15,16)17/h2-3,6H,4-5H2,1H3,(H,20,22)(H,18,19,21). The first kappa shape index (κ1) is 17.4. The summed E-state index contributed by atoms with van der Waals surface area (Å²) in [6.45, 7) is 0.192. The number of carbonyl (C=O) groups is 1. The highest BCUT2D eigenvalue weighted by molar-refractivity contribution is 9.10. The molecule has 0 atom stereocenters. The van der Waals surface area contributed by atoms with Crippen LogP contribution in [-0.2, 0) is 15.7 Å². The molecule has 0 saturated carbocycles. The molecule has 6 nitrogen and oxygen atoms in total. The number of fused-ring (bicyclic) bond motifs is 1. The van der Waals surface area contributed by atoms with Crippen molar-refractivity contribution < 1.29 is 22.7 Å². The quantitative estimate of drug-likeness (QED) is 0.765. The number of methoxy groups -OCH3 is 1. The van der Waals surface area contributed by atoms with Crippen molar-refractivity contribution >= 4 is 38.6 Å². The van der Waals surface area contributed by atoms with Crippen LogP contribution in [0.4, 0.5) is 19.0 Å². The Hall–Kier alpha value is -1.94. The molecule has 10 heteroatoms. The first-order valence-corrected chi connectivity index (χ1v) is 7.19. The van der Waals surface area contributed by atoms with Crippen LogP contribution >= 0.6 is 15.9 Å². The van der Waals surface area contributed by atoms with Crippen LogP contribution in [0, 0.1) is 0 Å². The van der Waals surface area contributed by atoms with Crippen molar-refractivity contribution in [3.8, 4) is 0 Å². The topological polar surface area (TPSA) is 76.1 Å². The van der Waals surface area contributed by atoms with Gasteiger partial charge in [-0.3, -0.25) is 15.6 Å². The maximum Gasteiger partial charge on any atom is 0.451 e. The van der Waals surface area contributed by atoms with Crippen LogP contribution in [0.2, 0.25) is 0 Å². The number of halogens is 4. The van der Waals surface area contributed by atoms with E-state index in [0.29, 0.717) is 9.86 Å². The van der Waals surface area contributed by atoms with E-state index in [4.69, 9.17) is 4.74 Å². The van der Waals surface area contributed by atoms with E-state index >= 15 is 0 Å². The second kappa shape index (κ2) is 7.09. The lowest BCUT2D eigenvalue weighted by atomic mass is 10.2. The summed E-state index contributed by atoms with van der Waals surface area (Å²) >= 11 is 3.23. The number of anilines is 1. The molecule has 1 aromatic carbocycles. The number of aromatic nitrogens is 2. The van der Waals surface area contributed by atoms with Crippen LogP contribution in [0.3, 0.4) is 0 Å². The molecule has 0 aliphatic rings. The van der Waals surface area contributed by atoms with Crippen molar-refractivity contribution in [2.45, 2.75) is 12.6 Å². The number of carbonyl (C=O) groups excluding carboxylic acids is 1. The molecular weight excluding hydrogens is 381 g/mol. The van der Waals surface area contributed by atoms with Gasteiger partial charge >= 0.3 is 6.18 Å². The van der Waals surface area contributed by atoms with Gasteiger partial charge in [0.25, 0.3) is 0 Å². The summed E-state index contributed by atoms with van der Waals surface area (Å²) in [6, 6.07) is 4.55.